The maximum absolute atomic E-state index is 14.1. The molecule has 0 radical (unpaired) electrons. The number of thiazole rings is 1. The van der Waals surface area contributed by atoms with Crippen LogP contribution in [0.1, 0.15) is 43.5 Å². The molecule has 0 spiro atoms. The van der Waals surface area contributed by atoms with E-state index in [2.05, 4.69) is 15.6 Å². The van der Waals surface area contributed by atoms with Crippen molar-refractivity contribution in [3.63, 3.8) is 0 Å². The van der Waals surface area contributed by atoms with Crippen molar-refractivity contribution >= 4 is 22.7 Å². The highest BCUT2D eigenvalue weighted by Crippen LogP contribution is 2.31. The first-order valence-electron chi connectivity index (χ1n) is 7.98. The maximum Gasteiger partial charge on any atom is 0.148 e. The van der Waals surface area contributed by atoms with Crippen LogP contribution in [0.3, 0.4) is 0 Å². The molecule has 1 aromatic heterocycles. The van der Waals surface area contributed by atoms with Gasteiger partial charge < -0.3 is 15.4 Å². The molecule has 2 N–H and O–H groups in total. The number of nitrogens with one attached hydrogen (secondary N) is 2. The van der Waals surface area contributed by atoms with Gasteiger partial charge in [-0.2, -0.15) is 0 Å². The van der Waals surface area contributed by atoms with E-state index in [0.29, 0.717) is 12.2 Å². The fraction of sp³-hybridized carbons (Fsp3) is 0.471. The van der Waals surface area contributed by atoms with Crippen LogP contribution >= 0.6 is 11.3 Å². The number of hydrogen-bond acceptors (Lipinski definition) is 5. The van der Waals surface area contributed by atoms with Gasteiger partial charge in [0.2, 0.25) is 0 Å². The zero-order valence-corrected chi connectivity index (χ0v) is 14.3. The molecule has 1 aromatic carbocycles. The molecule has 0 unspecified atom stereocenters. The Hall–Kier alpha value is -1.66. The summed E-state index contributed by atoms with van der Waals surface area (Å²) >= 11 is 1.62. The van der Waals surface area contributed by atoms with Gasteiger partial charge in [0.15, 0.2) is 0 Å². The van der Waals surface area contributed by atoms with Crippen molar-refractivity contribution in [1.82, 2.24) is 4.98 Å². The minimum atomic E-state index is -0.259. The van der Waals surface area contributed by atoms with Crippen LogP contribution < -0.4 is 10.6 Å². The van der Waals surface area contributed by atoms with Gasteiger partial charge in [0.1, 0.15) is 16.9 Å². The highest BCUT2D eigenvalue weighted by molar-refractivity contribution is 7.09. The fourth-order valence-electron chi connectivity index (χ4n) is 2.64. The summed E-state index contributed by atoms with van der Waals surface area (Å²) in [6.07, 6.45) is 2.27. The van der Waals surface area contributed by atoms with E-state index < -0.39 is 0 Å². The second-order valence-electron chi connectivity index (χ2n) is 5.99. The van der Waals surface area contributed by atoms with E-state index in [9.17, 15) is 4.39 Å². The number of rotatable bonds is 6. The molecule has 1 aliphatic rings. The Labute approximate surface area is 140 Å². The number of para-hydroxylation sites is 1. The fourth-order valence-corrected chi connectivity index (χ4v) is 3.54. The molecule has 1 saturated heterocycles. The number of aromatic nitrogens is 1. The lowest BCUT2D eigenvalue weighted by Crippen LogP contribution is -2.13. The van der Waals surface area contributed by atoms with E-state index in [1.54, 1.807) is 17.4 Å². The molecule has 0 amide bonds. The normalized spacial score (nSPS) is 17.7. The Bertz CT molecular complexity index is 653. The highest BCUT2D eigenvalue weighted by Gasteiger charge is 2.21. The summed E-state index contributed by atoms with van der Waals surface area (Å²) in [5.41, 5.74) is 2.18. The predicted molar refractivity (Wildman–Crippen MR) is 92.5 cm³/mol. The molecule has 2 aromatic rings. The third-order valence-electron chi connectivity index (χ3n) is 3.68. The number of anilines is 2. The molecule has 0 aliphatic carbocycles. The summed E-state index contributed by atoms with van der Waals surface area (Å²) in [5.74, 6) is -0.259. The smallest absolute Gasteiger partial charge is 0.148 e. The second-order valence-corrected chi connectivity index (χ2v) is 6.88. The molecular weight excluding hydrogens is 313 g/mol. The minimum absolute atomic E-state index is 0.139. The van der Waals surface area contributed by atoms with Gasteiger partial charge in [-0.3, -0.25) is 0 Å². The molecule has 1 aliphatic heterocycles. The van der Waals surface area contributed by atoms with Crippen molar-refractivity contribution < 1.29 is 9.13 Å². The van der Waals surface area contributed by atoms with Crippen LogP contribution in [-0.4, -0.2) is 17.6 Å². The van der Waals surface area contributed by atoms with E-state index in [1.165, 1.54) is 6.07 Å². The monoisotopic (exact) mass is 335 g/mol. The van der Waals surface area contributed by atoms with Crippen molar-refractivity contribution in [2.75, 3.05) is 17.2 Å². The summed E-state index contributed by atoms with van der Waals surface area (Å²) in [6.45, 7) is 5.38. The number of hydrogen-bond donors (Lipinski definition) is 2. The topological polar surface area (TPSA) is 46.2 Å². The molecule has 0 bridgehead atoms. The Kier molecular flexibility index (Phi) is 5.13. The van der Waals surface area contributed by atoms with Crippen molar-refractivity contribution in [1.29, 1.82) is 0 Å². The van der Waals surface area contributed by atoms with Crippen molar-refractivity contribution in [3.8, 4) is 0 Å². The summed E-state index contributed by atoms with van der Waals surface area (Å²) in [4.78, 5) is 4.62. The highest BCUT2D eigenvalue weighted by atomic mass is 32.1. The molecule has 23 heavy (non-hydrogen) atoms. The van der Waals surface area contributed by atoms with Gasteiger partial charge in [-0.25, -0.2) is 9.37 Å². The summed E-state index contributed by atoms with van der Waals surface area (Å²) in [7, 11) is 0. The van der Waals surface area contributed by atoms with Gasteiger partial charge in [0.05, 0.1) is 23.6 Å². The average molecular weight is 335 g/mol. The molecule has 2 heterocycles. The number of benzene rings is 1. The number of nitrogens with zero attached hydrogens (tertiary/aromatic N) is 1. The summed E-state index contributed by atoms with van der Waals surface area (Å²) in [6, 6.07) is 5.29. The molecule has 6 heteroatoms. The van der Waals surface area contributed by atoms with Gasteiger partial charge >= 0.3 is 0 Å². The lowest BCUT2D eigenvalue weighted by molar-refractivity contribution is 0.111. The van der Waals surface area contributed by atoms with Crippen LogP contribution in [0.15, 0.2) is 23.6 Å². The first kappa shape index (κ1) is 16.2. The molecule has 1 atom stereocenters. The van der Waals surface area contributed by atoms with Crippen LogP contribution in [0.5, 0.6) is 0 Å². The first-order chi connectivity index (χ1) is 11.1. The molecule has 124 valence electrons. The first-order valence-corrected chi connectivity index (χ1v) is 8.86. The van der Waals surface area contributed by atoms with Crippen LogP contribution in [0.2, 0.25) is 0 Å². The Morgan fingerprint density at radius 2 is 2.30 bits per heavy atom. The van der Waals surface area contributed by atoms with Gasteiger partial charge in [0.25, 0.3) is 0 Å². The van der Waals surface area contributed by atoms with Crippen molar-refractivity contribution in [2.45, 2.75) is 45.4 Å². The Balaban J connectivity index is 1.68. The lowest BCUT2D eigenvalue weighted by atomic mass is 10.2. The largest absolute Gasteiger partial charge is 0.381 e. The average Bonchev–Trinajstić information content (AvgIpc) is 3.17. The number of ether oxygens (including phenoxy) is 1. The summed E-state index contributed by atoms with van der Waals surface area (Å²) in [5, 5.41) is 9.47. The number of halogens is 1. The van der Waals surface area contributed by atoms with Gasteiger partial charge in [-0.15, -0.1) is 11.3 Å². The van der Waals surface area contributed by atoms with Gasteiger partial charge in [0, 0.05) is 18.0 Å². The van der Waals surface area contributed by atoms with E-state index in [1.807, 2.05) is 25.3 Å². The van der Waals surface area contributed by atoms with Crippen LogP contribution in [0, 0.1) is 5.82 Å². The van der Waals surface area contributed by atoms with Gasteiger partial charge in [-0.05, 0) is 38.8 Å². The van der Waals surface area contributed by atoms with E-state index in [0.717, 1.165) is 35.8 Å². The molecule has 4 nitrogen and oxygen atoms in total. The SMILES string of the molecule is CC(C)Nc1cccc(F)c1NCc1csc([C@@H]2CCCO2)n1. The zero-order chi connectivity index (χ0) is 16.2. The zero-order valence-electron chi connectivity index (χ0n) is 13.4. The maximum atomic E-state index is 14.1. The van der Waals surface area contributed by atoms with Crippen molar-refractivity contribution in [2.24, 2.45) is 0 Å². The van der Waals surface area contributed by atoms with Crippen LogP contribution in [0.4, 0.5) is 15.8 Å². The Morgan fingerprint density at radius 3 is 3.04 bits per heavy atom. The predicted octanol–water partition coefficient (Wildman–Crippen LogP) is 4.57. The summed E-state index contributed by atoms with van der Waals surface area (Å²) < 4.78 is 19.8. The van der Waals surface area contributed by atoms with Crippen LogP contribution in [-0.2, 0) is 11.3 Å². The van der Waals surface area contributed by atoms with E-state index in [-0.39, 0.29) is 18.0 Å². The minimum Gasteiger partial charge on any atom is -0.381 e. The molecule has 0 saturated carbocycles. The van der Waals surface area contributed by atoms with E-state index >= 15 is 0 Å². The van der Waals surface area contributed by atoms with E-state index in [4.69, 9.17) is 4.74 Å². The quantitative estimate of drug-likeness (QED) is 0.812. The van der Waals surface area contributed by atoms with Crippen LogP contribution in [0.25, 0.3) is 0 Å². The third kappa shape index (κ3) is 4.00. The molecule has 3 rings (SSSR count). The third-order valence-corrected chi connectivity index (χ3v) is 4.66. The Morgan fingerprint density at radius 1 is 1.43 bits per heavy atom. The van der Waals surface area contributed by atoms with Gasteiger partial charge in [-0.1, -0.05) is 6.07 Å². The standard InChI is InChI=1S/C17H22FN3OS/c1-11(2)20-14-6-3-5-13(18)16(14)19-9-12-10-23-17(21-12)15-7-4-8-22-15/h3,5-6,10-11,15,19-20H,4,7-9H2,1-2H3/t15-/m0/s1. The molecular formula is C17H22FN3OS. The van der Waals surface area contributed by atoms with Crippen molar-refractivity contribution in [3.05, 3.63) is 40.1 Å². The lowest BCUT2D eigenvalue weighted by Gasteiger charge is -2.16. The molecule has 1 fully saturated rings. The second kappa shape index (κ2) is 7.27.